The Kier molecular flexibility index (Phi) is 3.74. The van der Waals surface area contributed by atoms with E-state index in [1.54, 1.807) is 30.3 Å². The van der Waals surface area contributed by atoms with Gasteiger partial charge in [0.15, 0.2) is 9.58 Å². The fourth-order valence-corrected chi connectivity index (χ4v) is 4.52. The number of fused-ring (bicyclic) bond motifs is 1. The van der Waals surface area contributed by atoms with Crippen molar-refractivity contribution in [3.63, 3.8) is 0 Å². The number of hydrogen-bond donors (Lipinski definition) is 0. The van der Waals surface area contributed by atoms with E-state index in [4.69, 9.17) is 0 Å². The fourth-order valence-electron chi connectivity index (χ4n) is 2.36. The number of benzene rings is 1. The molecule has 2 aromatic rings. The normalized spacial score (nSPS) is 17.4. The highest BCUT2D eigenvalue weighted by Gasteiger charge is 2.49. The zero-order chi connectivity index (χ0) is 12.0. The van der Waals surface area contributed by atoms with E-state index in [1.165, 1.54) is 0 Å². The maximum absolute atomic E-state index is 13.2. The van der Waals surface area contributed by atoms with Crippen LogP contribution in [0.1, 0.15) is 30.1 Å². The largest absolute Gasteiger partial charge is 1.00 e. The molecule has 0 radical (unpaired) electrons. The first-order valence-corrected chi connectivity index (χ1v) is 6.91. The SMILES string of the molecule is FC(F)(F)[s+]1c(C2CCC2)cc2ccccc21.[Br-]. The van der Waals surface area contributed by atoms with Gasteiger partial charge in [0.1, 0.15) is 0 Å². The second-order valence-electron chi connectivity index (χ2n) is 4.46. The van der Waals surface area contributed by atoms with Gasteiger partial charge in [-0.1, -0.05) is 18.6 Å². The molecule has 0 N–H and O–H groups in total. The Balaban J connectivity index is 0.00000120. The van der Waals surface area contributed by atoms with E-state index in [0.717, 1.165) is 24.6 Å². The van der Waals surface area contributed by atoms with Gasteiger partial charge < -0.3 is 17.0 Å². The summed E-state index contributed by atoms with van der Waals surface area (Å²) in [5.74, 6) is 0.160. The molecule has 1 saturated carbocycles. The van der Waals surface area contributed by atoms with Crippen LogP contribution in [0.4, 0.5) is 13.2 Å². The molecule has 0 bridgehead atoms. The molecule has 0 nitrogen and oxygen atoms in total. The maximum atomic E-state index is 13.2. The molecule has 0 spiro atoms. The molecule has 0 aliphatic heterocycles. The van der Waals surface area contributed by atoms with Gasteiger partial charge in [0.2, 0.25) is 0 Å². The Labute approximate surface area is 117 Å². The van der Waals surface area contributed by atoms with Gasteiger partial charge in [-0.3, -0.25) is 0 Å². The van der Waals surface area contributed by atoms with Gasteiger partial charge in [-0.05, 0) is 25.0 Å². The lowest BCUT2D eigenvalue weighted by atomic mass is 9.84. The molecule has 1 heterocycles. The minimum absolute atomic E-state index is 0. The summed E-state index contributed by atoms with van der Waals surface area (Å²) < 4.78 is 40.0. The van der Waals surface area contributed by atoms with E-state index in [1.807, 2.05) is 0 Å². The van der Waals surface area contributed by atoms with Crippen molar-refractivity contribution in [1.29, 1.82) is 0 Å². The summed E-state index contributed by atoms with van der Waals surface area (Å²) in [4.78, 5) is 0.616. The fraction of sp³-hybridized carbons (Fsp3) is 0.385. The zero-order valence-corrected chi connectivity index (χ0v) is 11.9. The molecule has 98 valence electrons. The van der Waals surface area contributed by atoms with Crippen LogP contribution in [0.5, 0.6) is 0 Å². The van der Waals surface area contributed by atoms with Crippen LogP contribution in [0.15, 0.2) is 30.3 Å². The molecule has 1 aliphatic carbocycles. The van der Waals surface area contributed by atoms with Crippen LogP contribution >= 0.6 is 10.5 Å². The van der Waals surface area contributed by atoms with E-state index in [-0.39, 0.29) is 22.9 Å². The second kappa shape index (κ2) is 4.85. The highest BCUT2D eigenvalue weighted by molar-refractivity contribution is 7.38. The van der Waals surface area contributed by atoms with Gasteiger partial charge in [0, 0.05) is 17.4 Å². The summed E-state index contributed by atoms with van der Waals surface area (Å²) >= 11 is 0. The molecule has 1 aliphatic rings. The molecule has 1 fully saturated rings. The average Bonchev–Trinajstić information content (AvgIpc) is 2.52. The highest BCUT2D eigenvalue weighted by atomic mass is 79.9. The molecular formula is C13H12BrF3S. The third kappa shape index (κ3) is 2.18. The minimum atomic E-state index is -4.13. The monoisotopic (exact) mass is 336 g/mol. The van der Waals surface area contributed by atoms with E-state index < -0.39 is 16.0 Å². The van der Waals surface area contributed by atoms with Crippen molar-refractivity contribution < 1.29 is 30.2 Å². The van der Waals surface area contributed by atoms with Crippen LogP contribution < -0.4 is 17.0 Å². The van der Waals surface area contributed by atoms with Crippen LogP contribution in [0.2, 0.25) is 0 Å². The van der Waals surface area contributed by atoms with Crippen LogP contribution in [0, 0.1) is 0 Å². The molecule has 1 aromatic carbocycles. The summed E-state index contributed by atoms with van der Waals surface area (Å²) in [6.45, 7) is 0. The molecule has 0 amide bonds. The molecule has 5 heteroatoms. The summed E-state index contributed by atoms with van der Waals surface area (Å²) in [5, 5.41) is 0.759. The Morgan fingerprint density at radius 1 is 1.11 bits per heavy atom. The number of hydrogen-bond acceptors (Lipinski definition) is 0. The zero-order valence-electron chi connectivity index (χ0n) is 9.51. The Bertz CT molecular complexity index is 555. The van der Waals surface area contributed by atoms with E-state index in [0.29, 0.717) is 9.58 Å². The molecule has 18 heavy (non-hydrogen) atoms. The molecular weight excluding hydrogens is 325 g/mol. The van der Waals surface area contributed by atoms with E-state index >= 15 is 0 Å². The lowest BCUT2D eigenvalue weighted by Crippen LogP contribution is -3.00. The number of halogens is 4. The Morgan fingerprint density at radius 3 is 2.33 bits per heavy atom. The molecule has 0 saturated heterocycles. The van der Waals surface area contributed by atoms with Gasteiger partial charge in [-0.2, -0.15) is 0 Å². The van der Waals surface area contributed by atoms with Crippen molar-refractivity contribution in [2.45, 2.75) is 30.7 Å². The second-order valence-corrected chi connectivity index (χ2v) is 6.45. The lowest BCUT2D eigenvalue weighted by Gasteiger charge is -2.21. The van der Waals surface area contributed by atoms with Gasteiger partial charge in [-0.25, -0.2) is 0 Å². The van der Waals surface area contributed by atoms with Crippen LogP contribution in [0.3, 0.4) is 0 Å². The molecule has 1 unspecified atom stereocenters. The van der Waals surface area contributed by atoms with Gasteiger partial charge in [-0.15, -0.1) is 13.2 Å². The standard InChI is InChI=1S/C13H12F3S.BrH/c14-13(15,16)17-11-7-2-1-4-10(11)8-12(17)9-5-3-6-9;/h1-2,4,7-9H,3,5-6H2;1H/q+1;/p-1. The molecule has 1 atom stereocenters. The van der Waals surface area contributed by atoms with Crippen molar-refractivity contribution in [2.75, 3.05) is 0 Å². The number of alkyl halides is 3. The van der Waals surface area contributed by atoms with Gasteiger partial charge in [0.05, 0.1) is 10.5 Å². The van der Waals surface area contributed by atoms with Crippen LogP contribution in [-0.2, 0) is 5.51 Å². The number of rotatable bonds is 1. The summed E-state index contributed by atoms with van der Waals surface area (Å²) in [7, 11) is -1.67. The maximum Gasteiger partial charge on any atom is 0.600 e. The first kappa shape index (κ1) is 13.9. The lowest BCUT2D eigenvalue weighted by molar-refractivity contribution is -0.0868. The smallest absolute Gasteiger partial charge is 0.600 e. The predicted octanol–water partition coefficient (Wildman–Crippen LogP) is 2.34. The van der Waals surface area contributed by atoms with Crippen molar-refractivity contribution in [1.82, 2.24) is 0 Å². The highest BCUT2D eigenvalue weighted by Crippen LogP contribution is 2.55. The van der Waals surface area contributed by atoms with Crippen molar-refractivity contribution >= 4 is 20.6 Å². The predicted molar refractivity (Wildman–Crippen MR) is 64.3 cm³/mol. The van der Waals surface area contributed by atoms with Gasteiger partial charge in [0.25, 0.3) is 0 Å². The summed E-state index contributed by atoms with van der Waals surface area (Å²) in [5.41, 5.74) is -4.13. The Hall–Kier alpha value is -0.550. The summed E-state index contributed by atoms with van der Waals surface area (Å²) in [6, 6.07) is 8.68. The first-order valence-electron chi connectivity index (χ1n) is 5.69. The average molecular weight is 337 g/mol. The van der Waals surface area contributed by atoms with Crippen molar-refractivity contribution in [2.24, 2.45) is 0 Å². The first-order chi connectivity index (χ1) is 8.07. The topological polar surface area (TPSA) is 0 Å². The van der Waals surface area contributed by atoms with Gasteiger partial charge >= 0.3 is 5.51 Å². The Morgan fingerprint density at radius 2 is 1.78 bits per heavy atom. The van der Waals surface area contributed by atoms with Crippen molar-refractivity contribution in [3.8, 4) is 0 Å². The quantitative estimate of drug-likeness (QED) is 0.701. The molecule has 1 aromatic heterocycles. The van der Waals surface area contributed by atoms with Crippen LogP contribution in [-0.4, -0.2) is 0 Å². The number of thiophene rings is 1. The third-order valence-electron chi connectivity index (χ3n) is 3.41. The molecule has 3 rings (SSSR count). The minimum Gasteiger partial charge on any atom is -1.00 e. The van der Waals surface area contributed by atoms with Crippen LogP contribution in [0.25, 0.3) is 10.1 Å². The van der Waals surface area contributed by atoms with E-state index in [2.05, 4.69) is 0 Å². The third-order valence-corrected chi connectivity index (χ3v) is 5.61. The van der Waals surface area contributed by atoms with E-state index in [9.17, 15) is 13.2 Å². The summed E-state index contributed by atoms with van der Waals surface area (Å²) in [6.07, 6.45) is 2.90. The van der Waals surface area contributed by atoms with Crippen molar-refractivity contribution in [3.05, 3.63) is 35.2 Å².